The van der Waals surface area contributed by atoms with Gasteiger partial charge in [-0.25, -0.2) is 4.79 Å². The van der Waals surface area contributed by atoms with E-state index >= 15 is 0 Å². The Labute approximate surface area is 144 Å². The van der Waals surface area contributed by atoms with Crippen molar-refractivity contribution in [1.82, 2.24) is 0 Å². The first-order valence-electron chi connectivity index (χ1n) is 6.91. The minimum absolute atomic E-state index is 0. The molecule has 0 amide bonds. The van der Waals surface area contributed by atoms with Crippen LogP contribution >= 0.6 is 0 Å². The molecule has 0 saturated heterocycles. The van der Waals surface area contributed by atoms with Gasteiger partial charge in [-0.05, 0) is 13.3 Å². The van der Waals surface area contributed by atoms with Crippen LogP contribution in [-0.4, -0.2) is 64.0 Å². The van der Waals surface area contributed by atoms with Gasteiger partial charge in [0.1, 0.15) is 5.71 Å². The quantitative estimate of drug-likeness (QED) is 0.389. The Kier molecular flexibility index (Phi) is 22.9. The fourth-order valence-electron chi connectivity index (χ4n) is 1.21. The second-order valence-electron chi connectivity index (χ2n) is 4.29. The van der Waals surface area contributed by atoms with Gasteiger partial charge in [0.15, 0.2) is 0 Å². The maximum absolute atomic E-state index is 10.4. The molecule has 0 spiro atoms. The van der Waals surface area contributed by atoms with Crippen molar-refractivity contribution in [1.29, 1.82) is 0 Å². The molecule has 0 atom stereocenters. The predicted octanol–water partition coefficient (Wildman–Crippen LogP) is 2.72. The van der Waals surface area contributed by atoms with E-state index in [-0.39, 0.29) is 41.7 Å². The first-order chi connectivity index (χ1) is 8.95. The second-order valence-corrected chi connectivity index (χ2v) is 4.29. The molecule has 0 aliphatic carbocycles. The number of aliphatic carboxylic acids is 2. The molecule has 0 aromatic carbocycles. The molecule has 0 radical (unpaired) electrons. The molecule has 0 heterocycles. The van der Waals surface area contributed by atoms with Crippen LogP contribution in [0.5, 0.6) is 0 Å². The van der Waals surface area contributed by atoms with E-state index in [1.165, 1.54) is 25.7 Å². The summed E-state index contributed by atoms with van der Waals surface area (Å²) in [6.45, 7) is 5.99. The average Bonchev–Trinajstić information content (AvgIpc) is 2.38. The van der Waals surface area contributed by atoms with Crippen molar-refractivity contribution in [2.45, 2.75) is 65.7 Å². The summed E-state index contributed by atoms with van der Waals surface area (Å²) in [6.07, 6.45) is 7.49. The van der Waals surface area contributed by atoms with E-state index in [2.05, 4.69) is 11.9 Å². The Hall–Kier alpha value is -0.390. The third-order valence-electron chi connectivity index (χ3n) is 2.47. The third kappa shape index (κ3) is 22.8. The van der Waals surface area contributed by atoms with Crippen LogP contribution in [0.4, 0.5) is 0 Å². The fourth-order valence-corrected chi connectivity index (χ4v) is 1.21. The summed E-state index contributed by atoms with van der Waals surface area (Å²) in [7, 11) is 0. The van der Waals surface area contributed by atoms with E-state index < -0.39 is 11.9 Å². The summed E-state index contributed by atoms with van der Waals surface area (Å²) in [5.41, 5.74) is 0.221. The molecule has 0 bridgehead atoms. The summed E-state index contributed by atoms with van der Waals surface area (Å²) in [5, 5.41) is 16.2. The van der Waals surface area contributed by atoms with Crippen molar-refractivity contribution in [3.63, 3.8) is 0 Å². The summed E-state index contributed by atoms with van der Waals surface area (Å²) < 4.78 is 0. The predicted molar refractivity (Wildman–Crippen MR) is 84.1 cm³/mol. The molecule has 20 heavy (non-hydrogen) atoms. The topological polar surface area (TPSA) is 87.0 Å². The molecule has 0 aliphatic heterocycles. The van der Waals surface area contributed by atoms with Gasteiger partial charge in [0.05, 0.1) is 0 Å². The van der Waals surface area contributed by atoms with Crippen molar-refractivity contribution < 1.29 is 19.8 Å². The molecular formula is C14H28NNaO4. The molecule has 0 aromatic heterocycles. The normalized spacial score (nSPS) is 10.1. The number of carboxylic acid groups (broad SMARTS) is 2. The molecule has 6 heteroatoms. The molecule has 0 aliphatic rings. The van der Waals surface area contributed by atoms with Gasteiger partial charge in [-0.3, -0.25) is 9.79 Å². The van der Waals surface area contributed by atoms with Crippen LogP contribution in [0.2, 0.25) is 0 Å². The Morgan fingerprint density at radius 1 is 0.950 bits per heavy atom. The van der Waals surface area contributed by atoms with E-state index in [0.717, 1.165) is 12.8 Å². The Morgan fingerprint density at radius 2 is 1.40 bits per heavy atom. The van der Waals surface area contributed by atoms with Crippen molar-refractivity contribution in [2.24, 2.45) is 4.99 Å². The number of carboxylic acids is 2. The van der Waals surface area contributed by atoms with Crippen molar-refractivity contribution in [3.8, 4) is 0 Å². The van der Waals surface area contributed by atoms with Gasteiger partial charge in [-0.2, -0.15) is 0 Å². The number of hydrogen-bond donors (Lipinski definition) is 2. The van der Waals surface area contributed by atoms with Crippen LogP contribution < -0.4 is 0 Å². The first-order valence-corrected chi connectivity index (χ1v) is 6.91. The van der Waals surface area contributed by atoms with E-state index in [4.69, 9.17) is 10.2 Å². The number of carbonyl (C=O) groups is 2. The zero-order valence-electron chi connectivity index (χ0n) is 12.3. The zero-order chi connectivity index (χ0) is 15.1. The third-order valence-corrected chi connectivity index (χ3v) is 2.47. The summed E-state index contributed by atoms with van der Waals surface area (Å²) in [5.74, 6) is -1.65. The Morgan fingerprint density at radius 3 is 1.80 bits per heavy atom. The van der Waals surface area contributed by atoms with Gasteiger partial charge < -0.3 is 10.2 Å². The number of rotatable bonds is 9. The number of nitrogens with zero attached hydrogens (tertiary/aromatic N) is 1. The molecule has 2 N–H and O–H groups in total. The van der Waals surface area contributed by atoms with Gasteiger partial charge in [0.2, 0.25) is 0 Å². The Bertz CT molecular complexity index is 280. The van der Waals surface area contributed by atoms with Crippen LogP contribution in [0.3, 0.4) is 0 Å². The van der Waals surface area contributed by atoms with Gasteiger partial charge in [-0.1, -0.05) is 46.0 Å². The van der Waals surface area contributed by atoms with E-state index in [0.29, 0.717) is 6.54 Å². The average molecular weight is 297 g/mol. The molecule has 0 unspecified atom stereocenters. The van der Waals surface area contributed by atoms with Gasteiger partial charge in [-0.15, -0.1) is 0 Å². The van der Waals surface area contributed by atoms with E-state index in [9.17, 15) is 9.59 Å². The number of unbranched alkanes of at least 4 members (excludes halogenated alkanes) is 5. The molecule has 0 rings (SSSR count). The minimum atomic E-state index is -0.906. The molecule has 5 nitrogen and oxygen atoms in total. The van der Waals surface area contributed by atoms with Gasteiger partial charge in [0.25, 0.3) is 0 Å². The van der Waals surface area contributed by atoms with Crippen LogP contribution in [0.15, 0.2) is 4.99 Å². The number of hydrogen-bond acceptors (Lipinski definition) is 3. The van der Waals surface area contributed by atoms with Crippen LogP contribution in [0, 0.1) is 0 Å². The molecule has 0 fully saturated rings. The first kappa shape index (κ1) is 24.6. The fraction of sp³-hybridized carbons (Fsp3) is 0.786. The van der Waals surface area contributed by atoms with Gasteiger partial charge >= 0.3 is 41.5 Å². The van der Waals surface area contributed by atoms with Crippen molar-refractivity contribution in [3.05, 3.63) is 0 Å². The van der Waals surface area contributed by atoms with E-state index in [1.807, 2.05) is 0 Å². The maximum atomic E-state index is 10.4. The molecule has 0 aromatic rings. The van der Waals surface area contributed by atoms with Crippen molar-refractivity contribution >= 4 is 47.2 Å². The standard InChI is InChI=1S/C11H21NO2.C3H6O2.Na.H/c1-3-4-5-6-7-8-9-12-10(2)11(13)14;1-2-3(4)5;;/h3-9H2,1-2H3,(H,13,14);2H2,1H3,(H,4,5);;. The second kappa shape index (κ2) is 18.6. The molecule has 114 valence electrons. The molecular weight excluding hydrogens is 269 g/mol. The van der Waals surface area contributed by atoms with Crippen molar-refractivity contribution in [2.75, 3.05) is 6.54 Å². The van der Waals surface area contributed by atoms with Gasteiger partial charge in [0, 0.05) is 13.0 Å². The monoisotopic (exact) mass is 297 g/mol. The zero-order valence-corrected chi connectivity index (χ0v) is 12.3. The van der Waals surface area contributed by atoms with Crippen LogP contribution in [0.25, 0.3) is 0 Å². The summed E-state index contributed by atoms with van der Waals surface area (Å²) in [6, 6.07) is 0. The van der Waals surface area contributed by atoms with Crippen LogP contribution in [0.1, 0.15) is 65.7 Å². The number of aliphatic imine (C=N–C) groups is 1. The molecule has 0 saturated carbocycles. The van der Waals surface area contributed by atoms with Crippen LogP contribution in [-0.2, 0) is 9.59 Å². The summed E-state index contributed by atoms with van der Waals surface area (Å²) in [4.78, 5) is 23.7. The summed E-state index contributed by atoms with van der Waals surface area (Å²) >= 11 is 0. The Balaban J connectivity index is -0.000000414. The SMILES string of the molecule is CCC(=O)O.CCCCCCCCN=C(C)C(=O)O.[NaH]. The van der Waals surface area contributed by atoms with E-state index in [1.54, 1.807) is 13.8 Å².